The van der Waals surface area contributed by atoms with Gasteiger partial charge in [0.15, 0.2) is 0 Å². The highest BCUT2D eigenvalue weighted by Gasteiger charge is 2.36. The van der Waals surface area contributed by atoms with Gasteiger partial charge in [0.05, 0.1) is 0 Å². The third kappa shape index (κ3) is 4.20. The monoisotopic (exact) mass is 364 g/mol. The minimum absolute atomic E-state index is 0.0688. The van der Waals surface area contributed by atoms with Crippen LogP contribution in [-0.2, 0) is 13.0 Å². The van der Waals surface area contributed by atoms with Gasteiger partial charge in [-0.2, -0.15) is 0 Å². The van der Waals surface area contributed by atoms with Gasteiger partial charge in [0.25, 0.3) is 5.91 Å². The van der Waals surface area contributed by atoms with Gasteiger partial charge in [-0.15, -0.1) is 0 Å². The third-order valence-electron chi connectivity index (χ3n) is 5.81. The van der Waals surface area contributed by atoms with E-state index in [1.165, 1.54) is 24.0 Å². The molecular weight excluding hydrogens is 336 g/mol. The molecule has 0 unspecified atom stereocenters. The van der Waals surface area contributed by atoms with Crippen LogP contribution >= 0.6 is 0 Å². The van der Waals surface area contributed by atoms with Gasteiger partial charge >= 0.3 is 0 Å². The maximum Gasteiger partial charge on any atom is 0.272 e. The van der Waals surface area contributed by atoms with Gasteiger partial charge in [-0.25, -0.2) is 0 Å². The molecule has 1 aromatic heterocycles. The number of piperidine rings is 1. The summed E-state index contributed by atoms with van der Waals surface area (Å²) in [6.45, 7) is 4.34. The predicted octanol–water partition coefficient (Wildman–Crippen LogP) is 2.32. The maximum absolute atomic E-state index is 12.9. The molecular formula is C22H28N4O. The molecule has 3 fully saturated rings. The lowest BCUT2D eigenvalue weighted by Gasteiger charge is -2.36. The first-order valence-electron chi connectivity index (χ1n) is 9.95. The highest BCUT2D eigenvalue weighted by Crippen LogP contribution is 2.30. The summed E-state index contributed by atoms with van der Waals surface area (Å²) in [5, 5.41) is 0. The van der Waals surface area contributed by atoms with Crippen LogP contribution in [0.5, 0.6) is 0 Å². The zero-order chi connectivity index (χ0) is 18.6. The predicted molar refractivity (Wildman–Crippen MR) is 106 cm³/mol. The summed E-state index contributed by atoms with van der Waals surface area (Å²) in [5.41, 5.74) is 8.91. The van der Waals surface area contributed by atoms with E-state index >= 15 is 0 Å². The molecule has 0 aliphatic carbocycles. The Bertz CT molecular complexity index is 779. The van der Waals surface area contributed by atoms with Crippen LogP contribution in [0.3, 0.4) is 0 Å². The zero-order valence-corrected chi connectivity index (χ0v) is 15.8. The van der Waals surface area contributed by atoms with Gasteiger partial charge < -0.3 is 10.6 Å². The van der Waals surface area contributed by atoms with Crippen LogP contribution in [0, 0.1) is 5.92 Å². The number of amides is 1. The number of carbonyl (C=O) groups excluding carboxylic acids is 1. The fraction of sp³-hybridized carbons (Fsp3) is 0.455. The molecule has 3 aliphatic rings. The quantitative estimate of drug-likeness (QED) is 0.884. The topological polar surface area (TPSA) is 62.5 Å². The van der Waals surface area contributed by atoms with Crippen LogP contribution in [0.4, 0.5) is 0 Å². The van der Waals surface area contributed by atoms with Crippen molar-refractivity contribution >= 4 is 5.91 Å². The molecule has 0 saturated carbocycles. The Balaban J connectivity index is 1.47. The van der Waals surface area contributed by atoms with Crippen molar-refractivity contribution in [3.05, 3.63) is 65.5 Å². The summed E-state index contributed by atoms with van der Waals surface area (Å²) in [6.07, 6.45) is 4.99. The number of hydrogen-bond acceptors (Lipinski definition) is 4. The lowest BCUT2D eigenvalue weighted by molar-refractivity contribution is 0.0730. The number of hydrogen-bond donors (Lipinski definition) is 1. The summed E-state index contributed by atoms with van der Waals surface area (Å²) in [6, 6.07) is 14.7. The fourth-order valence-corrected chi connectivity index (χ4v) is 4.47. The average Bonchev–Trinajstić information content (AvgIpc) is 3.01. The van der Waals surface area contributed by atoms with Gasteiger partial charge in [0.1, 0.15) is 5.69 Å². The molecule has 2 N–H and O–H groups in total. The fourth-order valence-electron chi connectivity index (χ4n) is 4.47. The van der Waals surface area contributed by atoms with Gasteiger partial charge in [-0.3, -0.25) is 14.7 Å². The lowest BCUT2D eigenvalue weighted by atomic mass is 9.94. The summed E-state index contributed by atoms with van der Waals surface area (Å²) in [4.78, 5) is 21.7. The first-order chi connectivity index (χ1) is 13.2. The molecule has 5 nitrogen and oxygen atoms in total. The second-order valence-electron chi connectivity index (χ2n) is 7.81. The van der Waals surface area contributed by atoms with E-state index in [-0.39, 0.29) is 5.91 Å². The maximum atomic E-state index is 12.9. The van der Waals surface area contributed by atoms with Crippen molar-refractivity contribution in [3.8, 4) is 0 Å². The Kier molecular flexibility index (Phi) is 5.50. The van der Waals surface area contributed by atoms with E-state index in [4.69, 9.17) is 5.73 Å². The molecule has 0 radical (unpaired) electrons. The van der Waals surface area contributed by atoms with Crippen LogP contribution in [0.2, 0.25) is 0 Å². The molecule has 5 rings (SSSR count). The van der Waals surface area contributed by atoms with E-state index in [1.807, 2.05) is 23.1 Å². The van der Waals surface area contributed by atoms with Crippen molar-refractivity contribution in [2.75, 3.05) is 26.2 Å². The normalized spacial score (nSPS) is 22.6. The lowest BCUT2D eigenvalue weighted by Crippen LogP contribution is -2.44. The molecule has 2 atom stereocenters. The van der Waals surface area contributed by atoms with E-state index < -0.39 is 0 Å². The molecule has 1 aromatic carbocycles. The molecule has 3 aliphatic heterocycles. The number of benzene rings is 1. The van der Waals surface area contributed by atoms with Gasteiger partial charge in [-0.05, 0) is 55.0 Å². The van der Waals surface area contributed by atoms with Crippen molar-refractivity contribution in [2.45, 2.75) is 31.8 Å². The Morgan fingerprint density at radius 1 is 1.07 bits per heavy atom. The summed E-state index contributed by atoms with van der Waals surface area (Å²) in [5.74, 6) is 0.614. The second kappa shape index (κ2) is 8.19. The Morgan fingerprint density at radius 3 is 2.78 bits per heavy atom. The van der Waals surface area contributed by atoms with Crippen LogP contribution in [0.25, 0.3) is 0 Å². The highest BCUT2D eigenvalue weighted by molar-refractivity contribution is 5.92. The van der Waals surface area contributed by atoms with Gasteiger partial charge in [-0.1, -0.05) is 30.3 Å². The van der Waals surface area contributed by atoms with Crippen LogP contribution in [0.1, 0.15) is 34.5 Å². The summed E-state index contributed by atoms with van der Waals surface area (Å²) < 4.78 is 0. The van der Waals surface area contributed by atoms with Crippen LogP contribution < -0.4 is 5.73 Å². The van der Waals surface area contributed by atoms with Crippen molar-refractivity contribution in [2.24, 2.45) is 11.7 Å². The van der Waals surface area contributed by atoms with Crippen molar-refractivity contribution < 1.29 is 4.79 Å². The van der Waals surface area contributed by atoms with Gasteiger partial charge in [0.2, 0.25) is 0 Å². The number of aromatic nitrogens is 1. The Hall–Kier alpha value is -2.24. The first kappa shape index (κ1) is 18.1. The third-order valence-corrected chi connectivity index (χ3v) is 5.81. The van der Waals surface area contributed by atoms with Crippen molar-refractivity contribution in [1.29, 1.82) is 0 Å². The average molecular weight is 364 g/mol. The molecule has 5 heteroatoms. The zero-order valence-electron chi connectivity index (χ0n) is 15.8. The number of rotatable bonds is 5. The Morgan fingerprint density at radius 2 is 1.96 bits per heavy atom. The second-order valence-corrected chi connectivity index (χ2v) is 7.81. The van der Waals surface area contributed by atoms with Crippen LogP contribution in [-0.4, -0.2) is 52.9 Å². The Labute approximate surface area is 161 Å². The van der Waals surface area contributed by atoms with Crippen molar-refractivity contribution in [3.63, 3.8) is 0 Å². The van der Waals surface area contributed by atoms with E-state index in [1.54, 1.807) is 6.20 Å². The minimum atomic E-state index is 0.0688. The summed E-state index contributed by atoms with van der Waals surface area (Å²) >= 11 is 0. The van der Waals surface area contributed by atoms with E-state index in [9.17, 15) is 4.79 Å². The molecule has 0 spiro atoms. The number of nitrogens with zero attached hydrogens (tertiary/aromatic N) is 3. The molecule has 1 amide bonds. The number of fused-ring (bicyclic) bond motifs is 4. The molecule has 4 heterocycles. The van der Waals surface area contributed by atoms with Gasteiger partial charge in [0, 0.05) is 38.4 Å². The standard InChI is InChI=1S/C22H28N4O/c23-10-9-17-4-3-5-18(12-17)13-25-14-19-7-8-20(25)16-26(15-19)22(27)21-6-1-2-11-24-21/h1-6,11-12,19-20H,7-10,13-16,23H2/t19-,20-/m1/s1. The molecule has 3 saturated heterocycles. The van der Waals surface area contributed by atoms with E-state index in [2.05, 4.69) is 34.1 Å². The van der Waals surface area contributed by atoms with Crippen molar-refractivity contribution in [1.82, 2.24) is 14.8 Å². The van der Waals surface area contributed by atoms with E-state index in [0.29, 0.717) is 24.2 Å². The van der Waals surface area contributed by atoms with E-state index in [0.717, 1.165) is 32.6 Å². The smallest absolute Gasteiger partial charge is 0.272 e. The molecule has 142 valence electrons. The minimum Gasteiger partial charge on any atom is -0.335 e. The first-order valence-corrected chi connectivity index (χ1v) is 9.95. The molecule has 2 bridgehead atoms. The van der Waals surface area contributed by atoms with Crippen LogP contribution in [0.15, 0.2) is 48.7 Å². The largest absolute Gasteiger partial charge is 0.335 e. The number of carbonyl (C=O) groups is 1. The number of pyridine rings is 1. The highest BCUT2D eigenvalue weighted by atomic mass is 16.2. The molecule has 2 aromatic rings. The number of nitrogens with two attached hydrogens (primary N) is 1. The summed E-state index contributed by atoms with van der Waals surface area (Å²) in [7, 11) is 0. The SMILES string of the molecule is NCCc1cccc(CN2C[C@H]3CC[C@@H]2CN(C(=O)c2ccccn2)C3)c1. The molecule has 27 heavy (non-hydrogen) atoms.